The van der Waals surface area contributed by atoms with Gasteiger partial charge in [0.1, 0.15) is 5.75 Å². The number of hydrogen-bond donors (Lipinski definition) is 1. The third-order valence-electron chi connectivity index (χ3n) is 4.19. The lowest BCUT2D eigenvalue weighted by Crippen LogP contribution is -2.46. The van der Waals surface area contributed by atoms with Gasteiger partial charge in [0, 0.05) is 39.1 Å². The fraction of sp³-hybridized carbons (Fsp3) is 0.588. The van der Waals surface area contributed by atoms with Crippen LogP contribution in [0.5, 0.6) is 5.75 Å². The summed E-state index contributed by atoms with van der Waals surface area (Å²) in [5, 5.41) is 3.40. The molecule has 0 spiro atoms. The summed E-state index contributed by atoms with van der Waals surface area (Å²) < 4.78 is 5.24. The molecule has 0 radical (unpaired) electrons. The molecule has 2 atom stereocenters. The average Bonchev–Trinajstić information content (AvgIpc) is 2.48. The quantitative estimate of drug-likeness (QED) is 0.643. The number of nitrogens with one attached hydrogen (secondary N) is 1. The number of ether oxygens (including phenoxy) is 1. The molecular weight excluding hydrogens is 335 g/mol. The Morgan fingerprint density at radius 3 is 2.52 bits per heavy atom. The average molecular weight is 363 g/mol. The van der Waals surface area contributed by atoms with Crippen LogP contribution in [0.2, 0.25) is 0 Å². The van der Waals surface area contributed by atoms with Gasteiger partial charge in [-0.3, -0.25) is 9.69 Å². The Kier molecular flexibility index (Phi) is 10.5. The maximum absolute atomic E-state index is 11.1. The predicted molar refractivity (Wildman–Crippen MR) is 98.9 cm³/mol. The van der Waals surface area contributed by atoms with Crippen LogP contribution >= 0.6 is 24.8 Å². The topological polar surface area (TPSA) is 41.6 Å². The Bertz CT molecular complexity index is 479. The summed E-state index contributed by atoms with van der Waals surface area (Å²) in [6.45, 7) is 10.2. The van der Waals surface area contributed by atoms with Gasteiger partial charge in [-0.15, -0.1) is 24.8 Å². The van der Waals surface area contributed by atoms with Crippen molar-refractivity contribution in [3.63, 3.8) is 0 Å². The molecule has 0 amide bonds. The smallest absolute Gasteiger partial charge is 0.308 e. The second kappa shape index (κ2) is 10.9. The third kappa shape index (κ3) is 6.30. The highest BCUT2D eigenvalue weighted by Crippen LogP contribution is 2.32. The molecule has 6 heteroatoms. The van der Waals surface area contributed by atoms with Crippen molar-refractivity contribution in [2.24, 2.45) is 5.92 Å². The number of nitrogens with zero attached hydrogens (tertiary/aromatic N) is 1. The van der Waals surface area contributed by atoms with Gasteiger partial charge in [-0.1, -0.05) is 32.4 Å². The molecule has 2 rings (SSSR count). The van der Waals surface area contributed by atoms with Crippen molar-refractivity contribution in [1.82, 2.24) is 10.2 Å². The van der Waals surface area contributed by atoms with Crippen LogP contribution in [-0.2, 0) is 4.79 Å². The fourth-order valence-corrected chi connectivity index (χ4v) is 3.01. The zero-order valence-electron chi connectivity index (χ0n) is 14.1. The van der Waals surface area contributed by atoms with E-state index in [1.165, 1.54) is 12.5 Å². The summed E-state index contributed by atoms with van der Waals surface area (Å²) in [5.74, 6) is 0.938. The summed E-state index contributed by atoms with van der Waals surface area (Å²) in [4.78, 5) is 13.7. The van der Waals surface area contributed by atoms with Crippen molar-refractivity contribution in [1.29, 1.82) is 0 Å². The van der Waals surface area contributed by atoms with E-state index < -0.39 is 0 Å². The Morgan fingerprint density at radius 1 is 1.30 bits per heavy atom. The molecule has 0 saturated carbocycles. The largest absolute Gasteiger partial charge is 0.427 e. The summed E-state index contributed by atoms with van der Waals surface area (Å²) >= 11 is 0. The molecule has 23 heavy (non-hydrogen) atoms. The van der Waals surface area contributed by atoms with E-state index in [1.54, 1.807) is 0 Å². The van der Waals surface area contributed by atoms with Gasteiger partial charge in [0.2, 0.25) is 0 Å². The molecule has 1 aromatic rings. The van der Waals surface area contributed by atoms with Crippen molar-refractivity contribution in [2.45, 2.75) is 33.2 Å². The SMILES string of the molecule is CCC(C)[C@@H](c1cccc(OC(C)=O)c1)N1CCNCC1.Cl.Cl. The maximum Gasteiger partial charge on any atom is 0.308 e. The number of esters is 1. The van der Waals surface area contributed by atoms with Crippen LogP contribution in [0.3, 0.4) is 0 Å². The van der Waals surface area contributed by atoms with Gasteiger partial charge in [0.05, 0.1) is 0 Å². The van der Waals surface area contributed by atoms with E-state index in [-0.39, 0.29) is 30.8 Å². The zero-order valence-corrected chi connectivity index (χ0v) is 15.7. The summed E-state index contributed by atoms with van der Waals surface area (Å²) in [6, 6.07) is 8.36. The molecule has 1 fully saturated rings. The highest BCUT2D eigenvalue weighted by Gasteiger charge is 2.26. The summed E-state index contributed by atoms with van der Waals surface area (Å²) in [6.07, 6.45) is 1.13. The van der Waals surface area contributed by atoms with Crippen molar-refractivity contribution in [3.05, 3.63) is 29.8 Å². The first kappa shape index (κ1) is 22.2. The Morgan fingerprint density at radius 2 is 1.96 bits per heavy atom. The molecule has 132 valence electrons. The van der Waals surface area contributed by atoms with Crippen LogP contribution < -0.4 is 10.1 Å². The molecular formula is C17H28Cl2N2O2. The van der Waals surface area contributed by atoms with Crippen LogP contribution in [0.25, 0.3) is 0 Å². The molecule has 1 unspecified atom stereocenters. The van der Waals surface area contributed by atoms with Crippen LogP contribution in [0.1, 0.15) is 38.8 Å². The van der Waals surface area contributed by atoms with E-state index >= 15 is 0 Å². The van der Waals surface area contributed by atoms with Crippen molar-refractivity contribution in [3.8, 4) is 5.75 Å². The first-order valence-electron chi connectivity index (χ1n) is 7.85. The third-order valence-corrected chi connectivity index (χ3v) is 4.19. The molecule has 1 N–H and O–H groups in total. The second-order valence-electron chi connectivity index (χ2n) is 5.78. The van der Waals surface area contributed by atoms with Gasteiger partial charge in [0.15, 0.2) is 0 Å². The second-order valence-corrected chi connectivity index (χ2v) is 5.78. The minimum absolute atomic E-state index is 0. The standard InChI is InChI=1S/C17H26N2O2.2ClH/c1-4-13(2)17(19-10-8-18-9-11-19)15-6-5-7-16(12-15)21-14(3)20;;/h5-7,12-13,17-18H,4,8-11H2,1-3H3;2*1H/t13?,17-;;/m0../s1. The molecule has 1 aromatic carbocycles. The molecule has 0 bridgehead atoms. The van der Waals surface area contributed by atoms with E-state index in [0.29, 0.717) is 17.7 Å². The lowest BCUT2D eigenvalue weighted by molar-refractivity contribution is -0.131. The number of carbonyl (C=O) groups is 1. The van der Waals surface area contributed by atoms with Crippen LogP contribution in [0.15, 0.2) is 24.3 Å². The highest BCUT2D eigenvalue weighted by molar-refractivity contribution is 5.85. The Balaban J connectivity index is 0.00000242. The first-order chi connectivity index (χ1) is 10.1. The van der Waals surface area contributed by atoms with Crippen LogP contribution in [0, 0.1) is 5.92 Å². The summed E-state index contributed by atoms with van der Waals surface area (Å²) in [7, 11) is 0. The Hall–Kier alpha value is -0.810. The number of hydrogen-bond acceptors (Lipinski definition) is 4. The van der Waals surface area contributed by atoms with Crippen molar-refractivity contribution >= 4 is 30.8 Å². The number of piperazine rings is 1. The minimum atomic E-state index is -0.269. The molecule has 1 aliphatic heterocycles. The van der Waals surface area contributed by atoms with E-state index in [1.807, 2.05) is 18.2 Å². The first-order valence-corrected chi connectivity index (χ1v) is 7.85. The van der Waals surface area contributed by atoms with Gasteiger partial charge in [-0.2, -0.15) is 0 Å². The van der Waals surface area contributed by atoms with Crippen molar-refractivity contribution in [2.75, 3.05) is 26.2 Å². The number of benzene rings is 1. The lowest BCUT2D eigenvalue weighted by atomic mass is 9.90. The number of halogens is 2. The van der Waals surface area contributed by atoms with E-state index in [2.05, 4.69) is 30.1 Å². The zero-order chi connectivity index (χ0) is 15.2. The molecule has 1 heterocycles. The number of carbonyl (C=O) groups excluding carboxylic acids is 1. The summed E-state index contributed by atoms with van der Waals surface area (Å²) in [5.41, 5.74) is 1.24. The van der Waals surface area contributed by atoms with Crippen LogP contribution in [0.4, 0.5) is 0 Å². The minimum Gasteiger partial charge on any atom is -0.427 e. The molecule has 4 nitrogen and oxygen atoms in total. The monoisotopic (exact) mass is 362 g/mol. The Labute approximate surface area is 151 Å². The van der Waals surface area contributed by atoms with Gasteiger partial charge < -0.3 is 10.1 Å². The highest BCUT2D eigenvalue weighted by atomic mass is 35.5. The van der Waals surface area contributed by atoms with Gasteiger partial charge in [0.25, 0.3) is 0 Å². The van der Waals surface area contributed by atoms with Gasteiger partial charge in [-0.25, -0.2) is 0 Å². The molecule has 1 saturated heterocycles. The van der Waals surface area contributed by atoms with E-state index in [0.717, 1.165) is 32.6 Å². The van der Waals surface area contributed by atoms with Gasteiger partial charge in [-0.05, 0) is 23.6 Å². The fourth-order valence-electron chi connectivity index (χ4n) is 3.01. The predicted octanol–water partition coefficient (Wildman–Crippen LogP) is 3.45. The van der Waals surface area contributed by atoms with E-state index in [4.69, 9.17) is 4.74 Å². The molecule has 0 aromatic heterocycles. The lowest BCUT2D eigenvalue weighted by Gasteiger charge is -2.38. The normalized spacial score (nSPS) is 17.3. The molecule has 1 aliphatic rings. The maximum atomic E-state index is 11.1. The van der Waals surface area contributed by atoms with E-state index in [9.17, 15) is 4.79 Å². The van der Waals surface area contributed by atoms with Crippen molar-refractivity contribution < 1.29 is 9.53 Å². The van der Waals surface area contributed by atoms with Crippen LogP contribution in [-0.4, -0.2) is 37.0 Å². The molecule has 0 aliphatic carbocycles. The number of rotatable bonds is 5. The van der Waals surface area contributed by atoms with Gasteiger partial charge >= 0.3 is 5.97 Å².